The lowest BCUT2D eigenvalue weighted by Crippen LogP contribution is -2.37. The first-order valence-electron chi connectivity index (χ1n) is 10.3. The van der Waals surface area contributed by atoms with Crippen molar-refractivity contribution >= 4 is 21.6 Å². The summed E-state index contributed by atoms with van der Waals surface area (Å²) in [5, 5.41) is 0. The third kappa shape index (κ3) is 5.68. The number of methoxy groups -OCH3 is 1. The fourth-order valence-electron chi connectivity index (χ4n) is 3.10. The molecule has 0 fully saturated rings. The lowest BCUT2D eigenvalue weighted by molar-refractivity contribution is -0.117. The van der Waals surface area contributed by atoms with Gasteiger partial charge in [0.1, 0.15) is 11.5 Å². The second-order valence-electron chi connectivity index (χ2n) is 7.44. The van der Waals surface area contributed by atoms with Crippen LogP contribution in [0.15, 0.2) is 77.7 Å². The van der Waals surface area contributed by atoms with Crippen LogP contribution in [-0.4, -0.2) is 28.0 Å². The van der Waals surface area contributed by atoms with E-state index in [2.05, 4.69) is 0 Å². The molecule has 0 atom stereocenters. The smallest absolute Gasteiger partial charge is 0.270 e. The molecule has 0 N–H and O–H groups in total. The summed E-state index contributed by atoms with van der Waals surface area (Å²) >= 11 is 0. The van der Waals surface area contributed by atoms with Gasteiger partial charge in [0.2, 0.25) is 5.91 Å². The zero-order valence-corrected chi connectivity index (χ0v) is 19.3. The molecular weight excluding hydrogens is 426 g/mol. The van der Waals surface area contributed by atoms with Gasteiger partial charge in [0.05, 0.1) is 24.3 Å². The number of amides is 1. The van der Waals surface area contributed by atoms with Gasteiger partial charge in [-0.2, -0.15) is 0 Å². The van der Waals surface area contributed by atoms with Gasteiger partial charge >= 0.3 is 0 Å². The van der Waals surface area contributed by atoms with Gasteiger partial charge in [-0.15, -0.1) is 0 Å². The van der Waals surface area contributed by atoms with E-state index in [0.717, 1.165) is 21.2 Å². The van der Waals surface area contributed by atoms with E-state index in [1.165, 1.54) is 12.1 Å². The molecule has 168 valence electrons. The molecule has 3 rings (SSSR count). The predicted molar refractivity (Wildman–Crippen MR) is 125 cm³/mol. The Morgan fingerprint density at radius 3 is 1.91 bits per heavy atom. The number of nitrogens with zero attached hydrogens (tertiary/aromatic N) is 1. The number of benzene rings is 3. The van der Waals surface area contributed by atoms with Gasteiger partial charge in [0, 0.05) is 6.42 Å². The van der Waals surface area contributed by atoms with Gasteiger partial charge in [0.25, 0.3) is 10.0 Å². The molecule has 0 radical (unpaired) electrons. The minimum atomic E-state index is -4.05. The highest BCUT2D eigenvalue weighted by molar-refractivity contribution is 7.93. The van der Waals surface area contributed by atoms with Crippen LogP contribution >= 0.6 is 0 Å². The Labute approximate surface area is 189 Å². The number of hydrogen-bond donors (Lipinski definition) is 0. The number of anilines is 1. The largest absolute Gasteiger partial charge is 0.497 e. The normalized spacial score (nSPS) is 11.1. The molecule has 1 amide bonds. The Hall–Kier alpha value is -3.32. The van der Waals surface area contributed by atoms with Crippen molar-refractivity contribution in [3.8, 4) is 11.5 Å². The van der Waals surface area contributed by atoms with Crippen LogP contribution < -0.4 is 13.8 Å². The highest BCUT2D eigenvalue weighted by atomic mass is 32.2. The Morgan fingerprint density at radius 2 is 1.34 bits per heavy atom. The quantitative estimate of drug-likeness (QED) is 0.431. The van der Waals surface area contributed by atoms with E-state index < -0.39 is 15.9 Å². The highest BCUT2D eigenvalue weighted by Crippen LogP contribution is 2.26. The Bertz CT molecular complexity index is 1140. The van der Waals surface area contributed by atoms with Crippen molar-refractivity contribution in [1.29, 1.82) is 0 Å². The second-order valence-corrected chi connectivity index (χ2v) is 9.23. The van der Waals surface area contributed by atoms with Crippen molar-refractivity contribution in [1.82, 2.24) is 0 Å². The van der Waals surface area contributed by atoms with Crippen molar-refractivity contribution < 1.29 is 22.7 Å². The van der Waals surface area contributed by atoms with Gasteiger partial charge in [-0.3, -0.25) is 4.79 Å². The van der Waals surface area contributed by atoms with Crippen molar-refractivity contribution in [3.63, 3.8) is 0 Å². The molecule has 6 nitrogen and oxygen atoms in total. The summed E-state index contributed by atoms with van der Waals surface area (Å²) in [4.78, 5) is 13.2. The number of ether oxygens (including phenoxy) is 2. The van der Waals surface area contributed by atoms with Gasteiger partial charge in [0.15, 0.2) is 0 Å². The summed E-state index contributed by atoms with van der Waals surface area (Å²) < 4.78 is 38.4. The van der Waals surface area contributed by atoms with Crippen LogP contribution in [0.2, 0.25) is 0 Å². The van der Waals surface area contributed by atoms with E-state index in [-0.39, 0.29) is 17.9 Å². The topological polar surface area (TPSA) is 72.9 Å². The van der Waals surface area contributed by atoms with Crippen LogP contribution in [0.5, 0.6) is 11.5 Å². The Balaban J connectivity index is 1.74. The number of sulfonamides is 1. The molecule has 3 aromatic carbocycles. The number of hydrogen-bond acceptors (Lipinski definition) is 5. The molecule has 0 bridgehead atoms. The maximum absolute atomic E-state index is 13.3. The maximum atomic E-state index is 13.3. The van der Waals surface area contributed by atoms with Crippen molar-refractivity contribution in [3.05, 3.63) is 83.9 Å². The summed E-state index contributed by atoms with van der Waals surface area (Å²) in [6, 6.07) is 20.5. The number of aryl methyl sites for hydroxylation is 2. The maximum Gasteiger partial charge on any atom is 0.270 e. The molecule has 0 aliphatic rings. The first kappa shape index (κ1) is 23.3. The molecule has 0 aliphatic heterocycles. The zero-order valence-electron chi connectivity index (χ0n) is 18.4. The predicted octanol–water partition coefficient (Wildman–Crippen LogP) is 4.89. The molecule has 32 heavy (non-hydrogen) atoms. The van der Waals surface area contributed by atoms with Crippen LogP contribution in [0.4, 0.5) is 5.69 Å². The van der Waals surface area contributed by atoms with E-state index in [1.807, 2.05) is 13.8 Å². The van der Waals surface area contributed by atoms with Crippen LogP contribution in [0.1, 0.15) is 24.0 Å². The monoisotopic (exact) mass is 453 g/mol. The average molecular weight is 454 g/mol. The van der Waals surface area contributed by atoms with Crippen molar-refractivity contribution in [2.45, 2.75) is 31.6 Å². The molecule has 3 aromatic rings. The third-order valence-corrected chi connectivity index (χ3v) is 6.68. The SMILES string of the molecule is COc1ccc(OCCCC(=O)N(c2ccc(C)cc2)S(=O)(=O)c2ccc(C)cc2)cc1. The van der Waals surface area contributed by atoms with E-state index in [4.69, 9.17) is 9.47 Å². The van der Waals surface area contributed by atoms with Crippen molar-refractivity contribution in [2.75, 3.05) is 18.0 Å². The summed E-state index contributed by atoms with van der Waals surface area (Å²) in [5.74, 6) is 0.872. The third-order valence-electron chi connectivity index (χ3n) is 4.92. The standard InChI is InChI=1S/C25H27NO5S/c1-19-6-10-21(11-7-19)26(32(28,29)24-16-8-20(2)9-17-24)25(27)5-4-18-31-23-14-12-22(30-3)13-15-23/h6-17H,4-5,18H2,1-3H3. The van der Waals surface area contributed by atoms with E-state index in [9.17, 15) is 13.2 Å². The second kappa shape index (κ2) is 10.3. The molecular formula is C25H27NO5S. The number of carbonyl (C=O) groups excluding carboxylic acids is 1. The van der Waals surface area contributed by atoms with Crippen molar-refractivity contribution in [2.24, 2.45) is 0 Å². The van der Waals surface area contributed by atoms with E-state index >= 15 is 0 Å². The van der Waals surface area contributed by atoms with Gasteiger partial charge in [-0.1, -0.05) is 35.4 Å². The van der Waals surface area contributed by atoms with Gasteiger partial charge in [-0.05, 0) is 68.8 Å². The average Bonchev–Trinajstić information content (AvgIpc) is 2.79. The first-order chi connectivity index (χ1) is 15.3. The molecule has 0 unspecified atom stereocenters. The molecule has 0 saturated heterocycles. The molecule has 0 heterocycles. The fraction of sp³-hybridized carbons (Fsp3) is 0.240. The van der Waals surface area contributed by atoms with Gasteiger partial charge in [-0.25, -0.2) is 12.7 Å². The summed E-state index contributed by atoms with van der Waals surface area (Å²) in [6.07, 6.45) is 0.395. The molecule has 0 aliphatic carbocycles. The number of rotatable bonds is 9. The lowest BCUT2D eigenvalue weighted by Gasteiger charge is -2.23. The van der Waals surface area contributed by atoms with Gasteiger partial charge < -0.3 is 9.47 Å². The number of carbonyl (C=O) groups is 1. The van der Waals surface area contributed by atoms with Crippen LogP contribution in [0.25, 0.3) is 0 Å². The van der Waals surface area contributed by atoms with E-state index in [0.29, 0.717) is 17.9 Å². The molecule has 0 spiro atoms. The first-order valence-corrected chi connectivity index (χ1v) is 11.7. The summed E-state index contributed by atoms with van der Waals surface area (Å²) in [5.41, 5.74) is 2.23. The molecule has 7 heteroatoms. The van der Waals surface area contributed by atoms with Crippen LogP contribution in [0.3, 0.4) is 0 Å². The fourth-order valence-corrected chi connectivity index (χ4v) is 4.55. The minimum absolute atomic E-state index is 0.0229. The van der Waals surface area contributed by atoms with Crippen LogP contribution in [0, 0.1) is 13.8 Å². The van der Waals surface area contributed by atoms with Crippen LogP contribution in [-0.2, 0) is 14.8 Å². The molecule has 0 saturated carbocycles. The Kier molecular flexibility index (Phi) is 7.53. The zero-order chi connectivity index (χ0) is 23.1. The minimum Gasteiger partial charge on any atom is -0.497 e. The summed E-state index contributed by atoms with van der Waals surface area (Å²) in [7, 11) is -2.46. The summed E-state index contributed by atoms with van der Waals surface area (Å²) in [6.45, 7) is 4.06. The lowest BCUT2D eigenvalue weighted by atomic mass is 10.2. The van der Waals surface area contributed by atoms with E-state index in [1.54, 1.807) is 67.8 Å². The Morgan fingerprint density at radius 1 is 0.812 bits per heavy atom. The highest BCUT2D eigenvalue weighted by Gasteiger charge is 2.30. The molecule has 0 aromatic heterocycles.